The first-order valence-corrected chi connectivity index (χ1v) is 8.26. The number of nitrogens with one attached hydrogen (secondary N) is 1. The lowest BCUT2D eigenvalue weighted by atomic mass is 9.75. The van der Waals surface area contributed by atoms with Crippen LogP contribution in [0.5, 0.6) is 0 Å². The molecule has 1 aromatic carbocycles. The van der Waals surface area contributed by atoms with Gasteiger partial charge in [-0.3, -0.25) is 0 Å². The monoisotopic (exact) mass is 288 g/mol. The molecule has 0 bridgehead atoms. The van der Waals surface area contributed by atoms with Crippen LogP contribution in [0.15, 0.2) is 24.3 Å². The van der Waals surface area contributed by atoms with Crippen LogP contribution < -0.4 is 5.32 Å². The molecular formula is C17H24N2S. The molecule has 0 amide bonds. The third-order valence-corrected chi connectivity index (χ3v) is 5.21. The van der Waals surface area contributed by atoms with Crippen LogP contribution in [0.2, 0.25) is 0 Å². The molecule has 1 heterocycles. The number of rotatable bonds is 1. The standard InChI is InChI=1S/C17H24N2S/c1-13-5-4-8-16(11-13)18-17(20)19-10-9-14-6-2-3-7-15(14)12-19/h4-5,8,11,14-15H,2-3,6-7,9-10,12H2,1H3,(H,18,20)/t14-,15+/m1/s1. The molecule has 0 spiro atoms. The fraction of sp³-hybridized carbons (Fsp3) is 0.588. The fourth-order valence-corrected chi connectivity index (χ4v) is 3.99. The molecule has 0 unspecified atom stereocenters. The van der Waals surface area contributed by atoms with Crippen LogP contribution in [-0.4, -0.2) is 23.1 Å². The van der Waals surface area contributed by atoms with E-state index in [1.54, 1.807) is 0 Å². The number of benzene rings is 1. The average Bonchev–Trinajstić information content (AvgIpc) is 2.47. The van der Waals surface area contributed by atoms with Gasteiger partial charge in [0.05, 0.1) is 0 Å². The summed E-state index contributed by atoms with van der Waals surface area (Å²) in [7, 11) is 0. The molecule has 1 aromatic rings. The van der Waals surface area contributed by atoms with Crippen LogP contribution in [-0.2, 0) is 0 Å². The summed E-state index contributed by atoms with van der Waals surface area (Å²) >= 11 is 5.61. The molecule has 3 heteroatoms. The predicted octanol–water partition coefficient (Wildman–Crippen LogP) is 4.20. The van der Waals surface area contributed by atoms with Crippen LogP contribution in [0.4, 0.5) is 5.69 Å². The first kappa shape index (κ1) is 13.9. The van der Waals surface area contributed by atoms with Crippen molar-refractivity contribution >= 4 is 23.0 Å². The maximum Gasteiger partial charge on any atom is 0.173 e. The van der Waals surface area contributed by atoms with Gasteiger partial charge in [-0.15, -0.1) is 0 Å². The molecular weight excluding hydrogens is 264 g/mol. The van der Waals surface area contributed by atoms with Crippen molar-refractivity contribution in [3.8, 4) is 0 Å². The van der Waals surface area contributed by atoms with E-state index in [1.165, 1.54) is 37.7 Å². The van der Waals surface area contributed by atoms with Gasteiger partial charge in [-0.25, -0.2) is 0 Å². The van der Waals surface area contributed by atoms with Gasteiger partial charge in [-0.2, -0.15) is 0 Å². The zero-order chi connectivity index (χ0) is 13.9. The summed E-state index contributed by atoms with van der Waals surface area (Å²) in [5.41, 5.74) is 2.38. The molecule has 1 aliphatic heterocycles. The summed E-state index contributed by atoms with van der Waals surface area (Å²) in [5.74, 6) is 1.83. The lowest BCUT2D eigenvalue weighted by Gasteiger charge is -2.42. The third kappa shape index (κ3) is 3.14. The molecule has 2 aliphatic rings. The van der Waals surface area contributed by atoms with Crippen LogP contribution in [0.25, 0.3) is 0 Å². The van der Waals surface area contributed by atoms with Gasteiger partial charge in [0.25, 0.3) is 0 Å². The number of hydrogen-bond acceptors (Lipinski definition) is 1. The summed E-state index contributed by atoms with van der Waals surface area (Å²) in [6.07, 6.45) is 7.01. The van der Waals surface area contributed by atoms with E-state index >= 15 is 0 Å². The van der Waals surface area contributed by atoms with E-state index in [0.717, 1.165) is 35.7 Å². The molecule has 0 aromatic heterocycles. The minimum absolute atomic E-state index is 0.870. The van der Waals surface area contributed by atoms with Gasteiger partial charge in [0.2, 0.25) is 0 Å². The second-order valence-corrected chi connectivity index (χ2v) is 6.73. The van der Waals surface area contributed by atoms with Gasteiger partial charge in [-0.05, 0) is 61.5 Å². The summed E-state index contributed by atoms with van der Waals surface area (Å²) in [5, 5.41) is 4.31. The van der Waals surface area contributed by atoms with E-state index in [1.807, 2.05) is 0 Å². The van der Waals surface area contributed by atoms with E-state index in [2.05, 4.69) is 41.4 Å². The topological polar surface area (TPSA) is 15.3 Å². The number of likely N-dealkylation sites (tertiary alicyclic amines) is 1. The number of hydrogen-bond donors (Lipinski definition) is 1. The van der Waals surface area contributed by atoms with Gasteiger partial charge in [0.1, 0.15) is 0 Å². The largest absolute Gasteiger partial charge is 0.349 e. The molecule has 1 N–H and O–H groups in total. The number of thiocarbonyl (C=S) groups is 1. The van der Waals surface area contributed by atoms with Gasteiger partial charge in [0, 0.05) is 18.8 Å². The highest BCUT2D eigenvalue weighted by Crippen LogP contribution is 2.36. The minimum atomic E-state index is 0.870. The highest BCUT2D eigenvalue weighted by atomic mass is 32.1. The van der Waals surface area contributed by atoms with Crippen molar-refractivity contribution in [2.24, 2.45) is 11.8 Å². The molecule has 2 nitrogen and oxygen atoms in total. The minimum Gasteiger partial charge on any atom is -0.349 e. The van der Waals surface area contributed by atoms with Crippen LogP contribution >= 0.6 is 12.2 Å². The zero-order valence-corrected chi connectivity index (χ0v) is 13.1. The molecule has 2 fully saturated rings. The Morgan fingerprint density at radius 1 is 1.20 bits per heavy atom. The van der Waals surface area contributed by atoms with Crippen molar-refractivity contribution in [2.45, 2.75) is 39.0 Å². The molecule has 2 atom stereocenters. The molecule has 1 aliphatic carbocycles. The predicted molar refractivity (Wildman–Crippen MR) is 89.0 cm³/mol. The van der Waals surface area contributed by atoms with E-state index in [9.17, 15) is 0 Å². The Bertz CT molecular complexity index is 486. The second-order valence-electron chi connectivity index (χ2n) is 6.34. The summed E-state index contributed by atoms with van der Waals surface area (Å²) in [6, 6.07) is 8.43. The van der Waals surface area contributed by atoms with Gasteiger partial charge >= 0.3 is 0 Å². The fourth-order valence-electron chi connectivity index (χ4n) is 3.71. The Balaban J connectivity index is 1.60. The summed E-state index contributed by atoms with van der Waals surface area (Å²) in [4.78, 5) is 2.38. The van der Waals surface area contributed by atoms with Crippen molar-refractivity contribution in [3.05, 3.63) is 29.8 Å². The zero-order valence-electron chi connectivity index (χ0n) is 12.3. The van der Waals surface area contributed by atoms with Crippen LogP contribution in [0, 0.1) is 18.8 Å². The molecule has 0 radical (unpaired) electrons. The van der Waals surface area contributed by atoms with E-state index < -0.39 is 0 Å². The van der Waals surface area contributed by atoms with E-state index in [-0.39, 0.29) is 0 Å². The van der Waals surface area contributed by atoms with E-state index in [4.69, 9.17) is 12.2 Å². The van der Waals surface area contributed by atoms with E-state index in [0.29, 0.717) is 0 Å². The van der Waals surface area contributed by atoms with Crippen molar-refractivity contribution in [1.29, 1.82) is 0 Å². The summed E-state index contributed by atoms with van der Waals surface area (Å²) in [6.45, 7) is 4.39. The third-order valence-electron chi connectivity index (χ3n) is 4.85. The van der Waals surface area contributed by atoms with Crippen molar-refractivity contribution in [3.63, 3.8) is 0 Å². The Kier molecular flexibility index (Phi) is 4.25. The Labute approximate surface area is 127 Å². The lowest BCUT2D eigenvalue weighted by Crippen LogP contribution is -2.46. The van der Waals surface area contributed by atoms with Crippen molar-refractivity contribution < 1.29 is 0 Å². The van der Waals surface area contributed by atoms with Gasteiger partial charge in [0.15, 0.2) is 5.11 Å². The van der Waals surface area contributed by atoms with Gasteiger partial charge in [-0.1, -0.05) is 31.4 Å². The summed E-state index contributed by atoms with van der Waals surface area (Å²) < 4.78 is 0. The SMILES string of the molecule is Cc1cccc(NC(=S)N2CC[C@H]3CCCC[C@H]3C2)c1. The molecule has 3 rings (SSSR count). The highest BCUT2D eigenvalue weighted by molar-refractivity contribution is 7.80. The number of anilines is 1. The smallest absolute Gasteiger partial charge is 0.173 e. The van der Waals surface area contributed by atoms with Crippen LogP contribution in [0.1, 0.15) is 37.7 Å². The average molecular weight is 288 g/mol. The first-order chi connectivity index (χ1) is 9.72. The Morgan fingerprint density at radius 3 is 2.80 bits per heavy atom. The van der Waals surface area contributed by atoms with Crippen molar-refractivity contribution in [1.82, 2.24) is 4.90 Å². The Morgan fingerprint density at radius 2 is 2.00 bits per heavy atom. The van der Waals surface area contributed by atoms with Crippen LogP contribution in [0.3, 0.4) is 0 Å². The number of aryl methyl sites for hydroxylation is 1. The lowest BCUT2D eigenvalue weighted by molar-refractivity contribution is 0.131. The normalized spacial score (nSPS) is 25.9. The highest BCUT2D eigenvalue weighted by Gasteiger charge is 2.31. The first-order valence-electron chi connectivity index (χ1n) is 7.85. The number of piperidine rings is 1. The maximum atomic E-state index is 5.61. The second kappa shape index (κ2) is 6.13. The van der Waals surface area contributed by atoms with Gasteiger partial charge < -0.3 is 10.2 Å². The number of fused-ring (bicyclic) bond motifs is 1. The molecule has 1 saturated heterocycles. The maximum absolute atomic E-state index is 5.61. The number of nitrogens with zero attached hydrogens (tertiary/aromatic N) is 1. The quantitative estimate of drug-likeness (QED) is 0.780. The molecule has 1 saturated carbocycles. The molecule has 108 valence electrons. The molecule has 20 heavy (non-hydrogen) atoms. The Hall–Kier alpha value is -1.09. The van der Waals surface area contributed by atoms with Crippen molar-refractivity contribution in [2.75, 3.05) is 18.4 Å².